The van der Waals surface area contributed by atoms with Crippen LogP contribution in [0.5, 0.6) is 0 Å². The highest BCUT2D eigenvalue weighted by Gasteiger charge is 2.13. The lowest BCUT2D eigenvalue weighted by Gasteiger charge is -2.17. The van der Waals surface area contributed by atoms with Gasteiger partial charge in [0.25, 0.3) is 0 Å². The first kappa shape index (κ1) is 12.0. The van der Waals surface area contributed by atoms with Crippen molar-refractivity contribution in [1.29, 1.82) is 0 Å². The van der Waals surface area contributed by atoms with Gasteiger partial charge in [0.05, 0.1) is 0 Å². The molecule has 0 aromatic heterocycles. The molecule has 0 heterocycles. The molecule has 1 nitrogen and oxygen atoms in total. The third-order valence-corrected chi connectivity index (χ3v) is 2.82. The van der Waals surface area contributed by atoms with E-state index in [1.807, 2.05) is 0 Å². The first-order valence-electron chi connectivity index (χ1n) is 5.49. The molecule has 1 aromatic rings. The smallest absolute Gasteiger partial charge is 0.130 e. The predicted octanol–water partition coefficient (Wildman–Crippen LogP) is 3.69. The van der Waals surface area contributed by atoms with Crippen molar-refractivity contribution < 1.29 is 4.79 Å². The van der Waals surface area contributed by atoms with Crippen LogP contribution in [0.15, 0.2) is 12.1 Å². The number of hydrogen-bond acceptors (Lipinski definition) is 1. The Morgan fingerprint density at radius 3 is 2.07 bits per heavy atom. The van der Waals surface area contributed by atoms with Gasteiger partial charge in [0.1, 0.15) is 5.78 Å². The topological polar surface area (TPSA) is 17.1 Å². The maximum Gasteiger partial charge on any atom is 0.130 e. The van der Waals surface area contributed by atoms with Gasteiger partial charge in [-0.1, -0.05) is 24.6 Å². The summed E-state index contributed by atoms with van der Waals surface area (Å²) in [5.41, 5.74) is 5.25. The van der Waals surface area contributed by atoms with Crippen LogP contribution in [0.2, 0.25) is 0 Å². The molecule has 0 fully saturated rings. The fourth-order valence-corrected chi connectivity index (χ4v) is 2.50. The Hall–Kier alpha value is -1.11. The van der Waals surface area contributed by atoms with Crippen LogP contribution in [0.1, 0.15) is 48.4 Å². The number of ketones is 1. The molecule has 82 valence electrons. The van der Waals surface area contributed by atoms with E-state index in [4.69, 9.17) is 0 Å². The van der Waals surface area contributed by atoms with Crippen molar-refractivity contribution in [1.82, 2.24) is 0 Å². The quantitative estimate of drug-likeness (QED) is 0.733. The highest BCUT2D eigenvalue weighted by atomic mass is 16.1. The van der Waals surface area contributed by atoms with Crippen molar-refractivity contribution in [2.45, 2.75) is 47.0 Å². The van der Waals surface area contributed by atoms with Crippen LogP contribution in [0.4, 0.5) is 0 Å². The number of carbonyl (C=O) groups excluding carboxylic acids is 1. The second-order valence-electron chi connectivity index (χ2n) is 4.62. The zero-order valence-corrected chi connectivity index (χ0v) is 10.3. The third-order valence-electron chi connectivity index (χ3n) is 2.82. The molecule has 0 aliphatic heterocycles. The Kier molecular flexibility index (Phi) is 3.67. The summed E-state index contributed by atoms with van der Waals surface area (Å²) in [6, 6.07) is 4.39. The fourth-order valence-electron chi connectivity index (χ4n) is 2.50. The van der Waals surface area contributed by atoms with Crippen LogP contribution < -0.4 is 0 Å². The molecule has 1 rings (SSSR count). The van der Waals surface area contributed by atoms with E-state index in [-0.39, 0.29) is 5.78 Å². The van der Waals surface area contributed by atoms with E-state index >= 15 is 0 Å². The Balaban J connectivity index is 3.08. The van der Waals surface area contributed by atoms with E-state index < -0.39 is 0 Å². The Bertz CT molecular complexity index is 354. The summed E-state index contributed by atoms with van der Waals surface area (Å²) in [5.74, 6) is 0.602. The highest BCUT2D eigenvalue weighted by Crippen LogP contribution is 2.27. The fraction of sp³-hybridized carbons (Fsp3) is 0.500. The summed E-state index contributed by atoms with van der Waals surface area (Å²) in [4.78, 5) is 11.1. The molecule has 0 saturated carbocycles. The number of carbonyl (C=O) groups is 1. The van der Waals surface area contributed by atoms with Crippen molar-refractivity contribution in [2.24, 2.45) is 0 Å². The van der Waals surface area contributed by atoms with Crippen molar-refractivity contribution in [3.8, 4) is 0 Å². The Morgan fingerprint density at radius 2 is 1.67 bits per heavy atom. The van der Waals surface area contributed by atoms with Crippen LogP contribution in [0.25, 0.3) is 0 Å². The summed E-state index contributed by atoms with van der Waals surface area (Å²) in [6.45, 7) is 10.2. The van der Waals surface area contributed by atoms with Gasteiger partial charge in [0.2, 0.25) is 0 Å². The van der Waals surface area contributed by atoms with Crippen LogP contribution in [0, 0.1) is 20.8 Å². The predicted molar refractivity (Wildman–Crippen MR) is 64.4 cm³/mol. The molecule has 1 aromatic carbocycles. The summed E-state index contributed by atoms with van der Waals surface area (Å²) in [5, 5.41) is 0. The lowest BCUT2D eigenvalue weighted by molar-refractivity contribution is -0.117. The summed E-state index contributed by atoms with van der Waals surface area (Å²) in [6.07, 6.45) is 0.644. The van der Waals surface area contributed by atoms with Crippen molar-refractivity contribution >= 4 is 5.78 Å². The lowest BCUT2D eigenvalue weighted by Crippen LogP contribution is -2.04. The maximum absolute atomic E-state index is 11.1. The van der Waals surface area contributed by atoms with E-state index in [9.17, 15) is 4.79 Å². The van der Waals surface area contributed by atoms with E-state index in [2.05, 4.69) is 39.8 Å². The van der Waals surface area contributed by atoms with E-state index in [1.54, 1.807) is 6.92 Å². The van der Waals surface area contributed by atoms with Gasteiger partial charge in [0.15, 0.2) is 0 Å². The largest absolute Gasteiger partial charge is 0.300 e. The average Bonchev–Trinajstić information content (AvgIpc) is 1.99. The maximum atomic E-state index is 11.1. The van der Waals surface area contributed by atoms with Gasteiger partial charge in [0, 0.05) is 6.42 Å². The van der Waals surface area contributed by atoms with Gasteiger partial charge in [-0.2, -0.15) is 0 Å². The number of hydrogen-bond donors (Lipinski definition) is 0. The second-order valence-corrected chi connectivity index (χ2v) is 4.62. The standard InChI is InChI=1S/C14H20O/c1-9-6-10(2)14(11(3)7-9)12(4)8-13(5)15/h6-7,12H,8H2,1-5H3. The van der Waals surface area contributed by atoms with E-state index in [1.165, 1.54) is 22.3 Å². The number of benzene rings is 1. The zero-order chi connectivity index (χ0) is 11.6. The average molecular weight is 204 g/mol. The molecule has 1 atom stereocenters. The molecule has 1 heteroatoms. The zero-order valence-electron chi connectivity index (χ0n) is 10.3. The van der Waals surface area contributed by atoms with Crippen LogP contribution >= 0.6 is 0 Å². The molecular weight excluding hydrogens is 184 g/mol. The summed E-state index contributed by atoms with van der Waals surface area (Å²) in [7, 11) is 0. The summed E-state index contributed by atoms with van der Waals surface area (Å²) >= 11 is 0. The molecule has 0 radical (unpaired) electrons. The van der Waals surface area contributed by atoms with Crippen LogP contribution in [-0.2, 0) is 4.79 Å². The van der Waals surface area contributed by atoms with Crippen LogP contribution in [0.3, 0.4) is 0 Å². The summed E-state index contributed by atoms with van der Waals surface area (Å²) < 4.78 is 0. The third kappa shape index (κ3) is 2.92. The SMILES string of the molecule is CC(=O)CC(C)c1c(C)cc(C)cc1C. The minimum absolute atomic E-state index is 0.266. The van der Waals surface area contributed by atoms with E-state index in [0.717, 1.165) is 0 Å². The van der Waals surface area contributed by atoms with Gasteiger partial charge in [-0.25, -0.2) is 0 Å². The molecule has 0 bridgehead atoms. The van der Waals surface area contributed by atoms with Crippen molar-refractivity contribution in [3.05, 3.63) is 34.4 Å². The molecule has 0 aliphatic rings. The lowest BCUT2D eigenvalue weighted by atomic mass is 9.88. The Labute approximate surface area is 92.5 Å². The number of rotatable bonds is 3. The normalized spacial score (nSPS) is 12.6. The number of Topliss-reactive ketones (excluding diaryl/α,β-unsaturated/α-hetero) is 1. The molecule has 0 N–H and O–H groups in total. The molecule has 0 saturated heterocycles. The molecule has 15 heavy (non-hydrogen) atoms. The van der Waals surface area contributed by atoms with Gasteiger partial charge in [-0.3, -0.25) is 0 Å². The number of aryl methyl sites for hydroxylation is 3. The molecule has 0 amide bonds. The van der Waals surface area contributed by atoms with E-state index in [0.29, 0.717) is 12.3 Å². The van der Waals surface area contributed by atoms with Gasteiger partial charge >= 0.3 is 0 Å². The van der Waals surface area contributed by atoms with Gasteiger partial charge in [-0.15, -0.1) is 0 Å². The first-order valence-corrected chi connectivity index (χ1v) is 5.49. The van der Waals surface area contributed by atoms with Gasteiger partial charge in [-0.05, 0) is 50.3 Å². The van der Waals surface area contributed by atoms with Gasteiger partial charge < -0.3 is 4.79 Å². The molecule has 0 spiro atoms. The second kappa shape index (κ2) is 4.61. The monoisotopic (exact) mass is 204 g/mol. The molecular formula is C14H20O. The molecule has 1 unspecified atom stereocenters. The van der Waals surface area contributed by atoms with Crippen molar-refractivity contribution in [2.75, 3.05) is 0 Å². The Morgan fingerprint density at radius 1 is 1.20 bits per heavy atom. The first-order chi connectivity index (χ1) is 6.91. The van der Waals surface area contributed by atoms with Crippen LogP contribution in [-0.4, -0.2) is 5.78 Å². The van der Waals surface area contributed by atoms with Crippen molar-refractivity contribution in [3.63, 3.8) is 0 Å². The molecule has 0 aliphatic carbocycles. The highest BCUT2D eigenvalue weighted by molar-refractivity contribution is 5.76. The minimum atomic E-state index is 0.266. The minimum Gasteiger partial charge on any atom is -0.300 e.